The Labute approximate surface area is 103 Å². The summed E-state index contributed by atoms with van der Waals surface area (Å²) in [5, 5.41) is 6.25. The molecule has 0 bridgehead atoms. The molecule has 3 heteroatoms. The molecule has 1 aliphatic carbocycles. The van der Waals surface area contributed by atoms with Crippen molar-refractivity contribution in [2.75, 3.05) is 6.54 Å². The highest BCUT2D eigenvalue weighted by Crippen LogP contribution is 2.30. The number of carbonyl (C=O) groups excluding carboxylic acids is 1. The molecule has 2 rings (SSSR count). The van der Waals surface area contributed by atoms with Gasteiger partial charge < -0.3 is 5.32 Å². The van der Waals surface area contributed by atoms with Crippen LogP contribution in [0.4, 0.5) is 0 Å². The number of carbonyl (C=O) groups is 1. The summed E-state index contributed by atoms with van der Waals surface area (Å²) in [6, 6.07) is 8.66. The van der Waals surface area contributed by atoms with Gasteiger partial charge in [-0.1, -0.05) is 24.3 Å². The molecule has 17 heavy (non-hydrogen) atoms. The van der Waals surface area contributed by atoms with E-state index >= 15 is 0 Å². The predicted molar refractivity (Wildman–Crippen MR) is 68.8 cm³/mol. The topological polar surface area (TPSA) is 41.1 Å². The van der Waals surface area contributed by atoms with Crippen molar-refractivity contribution >= 4 is 5.91 Å². The second kappa shape index (κ2) is 5.32. The van der Waals surface area contributed by atoms with Crippen LogP contribution in [0, 0.1) is 0 Å². The van der Waals surface area contributed by atoms with Crippen LogP contribution in [0.2, 0.25) is 0 Å². The van der Waals surface area contributed by atoms with Crippen molar-refractivity contribution in [2.45, 2.75) is 38.8 Å². The molecule has 1 aliphatic rings. The lowest BCUT2D eigenvalue weighted by atomic mass is 10.1. The molecule has 92 valence electrons. The van der Waals surface area contributed by atoms with Gasteiger partial charge in [-0.3, -0.25) is 10.1 Å². The van der Waals surface area contributed by atoms with Gasteiger partial charge in [0.2, 0.25) is 5.91 Å². The summed E-state index contributed by atoms with van der Waals surface area (Å²) in [6.45, 7) is 4.55. The van der Waals surface area contributed by atoms with Crippen molar-refractivity contribution in [1.29, 1.82) is 0 Å². The van der Waals surface area contributed by atoms with Crippen LogP contribution in [0.25, 0.3) is 0 Å². The molecule has 2 unspecified atom stereocenters. The van der Waals surface area contributed by atoms with Crippen LogP contribution in [0.15, 0.2) is 24.3 Å². The zero-order valence-corrected chi connectivity index (χ0v) is 10.5. The van der Waals surface area contributed by atoms with Crippen LogP contribution in [0.1, 0.15) is 37.4 Å². The van der Waals surface area contributed by atoms with Gasteiger partial charge in [-0.05, 0) is 37.8 Å². The van der Waals surface area contributed by atoms with Gasteiger partial charge in [0.05, 0.1) is 6.04 Å². The molecule has 3 nitrogen and oxygen atoms in total. The molecule has 0 saturated heterocycles. The quantitative estimate of drug-likeness (QED) is 0.831. The zero-order chi connectivity index (χ0) is 12.3. The van der Waals surface area contributed by atoms with E-state index < -0.39 is 0 Å². The lowest BCUT2D eigenvalue weighted by molar-refractivity contribution is -0.122. The number of benzene rings is 1. The predicted octanol–water partition coefficient (Wildman–Crippen LogP) is 1.79. The van der Waals surface area contributed by atoms with Crippen molar-refractivity contribution in [1.82, 2.24) is 10.6 Å². The first-order valence-electron chi connectivity index (χ1n) is 6.34. The molecule has 0 radical (unpaired) electrons. The summed E-state index contributed by atoms with van der Waals surface area (Å²) in [7, 11) is 0. The van der Waals surface area contributed by atoms with E-state index in [1.165, 1.54) is 11.1 Å². The minimum Gasteiger partial charge on any atom is -0.355 e. The second-order valence-electron chi connectivity index (χ2n) is 4.57. The molecule has 0 aromatic heterocycles. The zero-order valence-electron chi connectivity index (χ0n) is 10.5. The van der Waals surface area contributed by atoms with E-state index in [-0.39, 0.29) is 11.9 Å². The fraction of sp³-hybridized carbons (Fsp3) is 0.500. The van der Waals surface area contributed by atoms with Crippen LogP contribution < -0.4 is 10.6 Å². The second-order valence-corrected chi connectivity index (χ2v) is 4.57. The SMILES string of the molecule is CCNC(=O)C(C)NC1CCc2ccccc21. The number of nitrogens with one attached hydrogen (secondary N) is 2. The summed E-state index contributed by atoms with van der Waals surface area (Å²) in [6.07, 6.45) is 2.19. The number of fused-ring (bicyclic) bond motifs is 1. The Hall–Kier alpha value is -1.35. The fourth-order valence-electron chi connectivity index (χ4n) is 2.44. The molecule has 0 spiro atoms. The van der Waals surface area contributed by atoms with Gasteiger partial charge in [0.1, 0.15) is 0 Å². The van der Waals surface area contributed by atoms with E-state index in [0.717, 1.165) is 12.8 Å². The summed E-state index contributed by atoms with van der Waals surface area (Å²) in [5.74, 6) is 0.0804. The molecule has 1 aromatic rings. The van der Waals surface area contributed by atoms with Crippen molar-refractivity contribution in [3.05, 3.63) is 35.4 Å². The van der Waals surface area contributed by atoms with Crippen molar-refractivity contribution in [3.63, 3.8) is 0 Å². The monoisotopic (exact) mass is 232 g/mol. The molecule has 1 aromatic carbocycles. The third-order valence-corrected chi connectivity index (χ3v) is 3.33. The van der Waals surface area contributed by atoms with Gasteiger partial charge in [-0.2, -0.15) is 0 Å². The molecule has 2 N–H and O–H groups in total. The number of amides is 1. The minimum absolute atomic E-state index is 0.0804. The normalized spacial score (nSPS) is 19.8. The molecular weight excluding hydrogens is 212 g/mol. The van der Waals surface area contributed by atoms with Crippen molar-refractivity contribution in [2.24, 2.45) is 0 Å². The molecular formula is C14H20N2O. The Morgan fingerprint density at radius 1 is 1.47 bits per heavy atom. The fourth-order valence-corrected chi connectivity index (χ4v) is 2.44. The standard InChI is InChI=1S/C14H20N2O/c1-3-15-14(17)10(2)16-13-9-8-11-6-4-5-7-12(11)13/h4-7,10,13,16H,3,8-9H2,1-2H3,(H,15,17). The molecule has 0 saturated carbocycles. The van der Waals surface area contributed by atoms with Crippen LogP contribution in [-0.4, -0.2) is 18.5 Å². The van der Waals surface area contributed by atoms with E-state index in [0.29, 0.717) is 12.6 Å². The number of likely N-dealkylation sites (N-methyl/N-ethyl adjacent to an activating group) is 1. The maximum Gasteiger partial charge on any atom is 0.236 e. The Kier molecular flexibility index (Phi) is 3.79. The molecule has 0 aliphatic heterocycles. The molecule has 0 fully saturated rings. The summed E-state index contributed by atoms with van der Waals surface area (Å²) >= 11 is 0. The Morgan fingerprint density at radius 3 is 3.00 bits per heavy atom. The Balaban J connectivity index is 1.99. The summed E-state index contributed by atoms with van der Waals surface area (Å²) < 4.78 is 0. The number of hydrogen-bond donors (Lipinski definition) is 2. The molecule has 1 amide bonds. The third-order valence-electron chi connectivity index (χ3n) is 3.33. The first-order chi connectivity index (χ1) is 8.22. The highest BCUT2D eigenvalue weighted by Gasteiger charge is 2.24. The average molecular weight is 232 g/mol. The van der Waals surface area contributed by atoms with E-state index in [1.54, 1.807) is 0 Å². The maximum atomic E-state index is 11.7. The van der Waals surface area contributed by atoms with E-state index in [4.69, 9.17) is 0 Å². The van der Waals surface area contributed by atoms with Crippen molar-refractivity contribution < 1.29 is 4.79 Å². The van der Waals surface area contributed by atoms with Crippen LogP contribution >= 0.6 is 0 Å². The van der Waals surface area contributed by atoms with Crippen LogP contribution in [-0.2, 0) is 11.2 Å². The maximum absolute atomic E-state index is 11.7. The van der Waals surface area contributed by atoms with Crippen LogP contribution in [0.3, 0.4) is 0 Å². The number of hydrogen-bond acceptors (Lipinski definition) is 2. The van der Waals surface area contributed by atoms with Crippen LogP contribution in [0.5, 0.6) is 0 Å². The Bertz CT molecular complexity index is 403. The first-order valence-corrected chi connectivity index (χ1v) is 6.34. The highest BCUT2D eigenvalue weighted by molar-refractivity contribution is 5.81. The van der Waals surface area contributed by atoms with Gasteiger partial charge in [0.25, 0.3) is 0 Å². The lowest BCUT2D eigenvalue weighted by Crippen LogP contribution is -2.43. The number of aryl methyl sites for hydroxylation is 1. The first kappa shape index (κ1) is 12.1. The van der Waals surface area contributed by atoms with E-state index in [2.05, 4.69) is 34.9 Å². The largest absolute Gasteiger partial charge is 0.355 e. The van der Waals surface area contributed by atoms with E-state index in [1.807, 2.05) is 13.8 Å². The van der Waals surface area contributed by atoms with Gasteiger partial charge in [-0.15, -0.1) is 0 Å². The van der Waals surface area contributed by atoms with Crippen molar-refractivity contribution in [3.8, 4) is 0 Å². The minimum atomic E-state index is -0.133. The molecule has 0 heterocycles. The van der Waals surface area contributed by atoms with Gasteiger partial charge in [-0.25, -0.2) is 0 Å². The summed E-state index contributed by atoms with van der Waals surface area (Å²) in [4.78, 5) is 11.7. The van der Waals surface area contributed by atoms with Gasteiger partial charge in [0, 0.05) is 12.6 Å². The van der Waals surface area contributed by atoms with Gasteiger partial charge in [0.15, 0.2) is 0 Å². The number of rotatable bonds is 4. The average Bonchev–Trinajstić information content (AvgIpc) is 2.73. The molecule has 2 atom stereocenters. The lowest BCUT2D eigenvalue weighted by Gasteiger charge is -2.19. The highest BCUT2D eigenvalue weighted by atomic mass is 16.2. The third kappa shape index (κ3) is 2.67. The van der Waals surface area contributed by atoms with Gasteiger partial charge >= 0.3 is 0 Å². The Morgan fingerprint density at radius 2 is 2.24 bits per heavy atom. The van der Waals surface area contributed by atoms with E-state index in [9.17, 15) is 4.79 Å². The smallest absolute Gasteiger partial charge is 0.236 e. The summed E-state index contributed by atoms with van der Waals surface area (Å²) in [5.41, 5.74) is 2.76.